The Morgan fingerprint density at radius 2 is 2.04 bits per heavy atom. The van der Waals surface area contributed by atoms with Gasteiger partial charge < -0.3 is 14.5 Å². The van der Waals surface area contributed by atoms with Crippen molar-refractivity contribution < 1.29 is 18.7 Å². The molecule has 2 heterocycles. The van der Waals surface area contributed by atoms with E-state index in [9.17, 15) is 14.0 Å². The summed E-state index contributed by atoms with van der Waals surface area (Å²) in [5.74, 6) is -0.623. The molecule has 3 rings (SSSR count). The lowest BCUT2D eigenvalue weighted by Crippen LogP contribution is -2.47. The lowest BCUT2D eigenvalue weighted by Gasteiger charge is -2.34. The third-order valence-electron chi connectivity index (χ3n) is 4.16. The number of amides is 2. The number of thiophene rings is 1. The lowest BCUT2D eigenvalue weighted by molar-refractivity contribution is -0.139. The fourth-order valence-electron chi connectivity index (χ4n) is 2.75. The Kier molecular flexibility index (Phi) is 6.05. The fourth-order valence-corrected chi connectivity index (χ4v) is 4.13. The molecule has 0 radical (unpaired) electrons. The van der Waals surface area contributed by atoms with E-state index in [1.165, 1.54) is 28.4 Å². The summed E-state index contributed by atoms with van der Waals surface area (Å²) in [6, 6.07) is 9.63. The molecule has 1 aliphatic rings. The van der Waals surface area contributed by atoms with Crippen molar-refractivity contribution >= 4 is 39.1 Å². The number of carbonyl (C=O) groups excluding carboxylic acids is 2. The zero-order valence-corrected chi connectivity index (χ0v) is 16.6. The molecule has 26 heavy (non-hydrogen) atoms. The van der Waals surface area contributed by atoms with Crippen molar-refractivity contribution in [2.24, 2.45) is 0 Å². The van der Waals surface area contributed by atoms with Crippen LogP contribution in [0.15, 0.2) is 40.2 Å². The van der Waals surface area contributed by atoms with Crippen molar-refractivity contribution in [2.45, 2.75) is 6.10 Å². The van der Waals surface area contributed by atoms with Gasteiger partial charge in [0, 0.05) is 13.6 Å². The van der Waals surface area contributed by atoms with Crippen molar-refractivity contribution in [1.82, 2.24) is 9.80 Å². The van der Waals surface area contributed by atoms with Crippen LogP contribution < -0.4 is 0 Å². The Labute approximate surface area is 163 Å². The molecule has 2 aromatic rings. The average molecular weight is 441 g/mol. The van der Waals surface area contributed by atoms with E-state index >= 15 is 0 Å². The lowest BCUT2D eigenvalue weighted by atomic mass is 10.1. The van der Waals surface area contributed by atoms with Gasteiger partial charge in [-0.2, -0.15) is 0 Å². The summed E-state index contributed by atoms with van der Waals surface area (Å²) in [7, 11) is 1.62. The van der Waals surface area contributed by atoms with Crippen LogP contribution in [0.5, 0.6) is 0 Å². The van der Waals surface area contributed by atoms with E-state index in [1.54, 1.807) is 30.1 Å². The highest BCUT2D eigenvalue weighted by atomic mass is 79.9. The van der Waals surface area contributed by atoms with Crippen LogP contribution in [-0.2, 0) is 9.53 Å². The van der Waals surface area contributed by atoms with Crippen LogP contribution in [0, 0.1) is 5.82 Å². The second-order valence-electron chi connectivity index (χ2n) is 6.02. The number of halogens is 2. The molecule has 0 bridgehead atoms. The van der Waals surface area contributed by atoms with Crippen LogP contribution >= 0.6 is 27.3 Å². The highest BCUT2D eigenvalue weighted by Crippen LogP contribution is 2.24. The zero-order valence-electron chi connectivity index (χ0n) is 14.2. The summed E-state index contributed by atoms with van der Waals surface area (Å²) >= 11 is 4.67. The van der Waals surface area contributed by atoms with Gasteiger partial charge >= 0.3 is 0 Å². The number of hydrogen-bond acceptors (Lipinski definition) is 4. The Hall–Kier alpha value is -1.77. The number of likely N-dealkylation sites (N-methyl/N-ethyl adjacent to an activating group) is 1. The second kappa shape index (κ2) is 8.28. The predicted molar refractivity (Wildman–Crippen MR) is 101 cm³/mol. The first-order valence-corrected chi connectivity index (χ1v) is 9.70. The van der Waals surface area contributed by atoms with Crippen LogP contribution in [0.4, 0.5) is 4.39 Å². The van der Waals surface area contributed by atoms with Crippen LogP contribution in [0.25, 0.3) is 0 Å². The van der Waals surface area contributed by atoms with Gasteiger partial charge in [-0.05, 0) is 45.8 Å². The number of morpholine rings is 1. The van der Waals surface area contributed by atoms with E-state index in [2.05, 4.69) is 15.9 Å². The molecule has 1 unspecified atom stereocenters. The van der Waals surface area contributed by atoms with Crippen LogP contribution in [0.3, 0.4) is 0 Å². The number of hydrogen-bond donors (Lipinski definition) is 0. The molecule has 0 N–H and O–H groups in total. The molecule has 1 aliphatic heterocycles. The van der Waals surface area contributed by atoms with Gasteiger partial charge in [0.1, 0.15) is 11.9 Å². The van der Waals surface area contributed by atoms with Crippen LogP contribution in [0.1, 0.15) is 21.3 Å². The maximum absolute atomic E-state index is 13.1. The van der Waals surface area contributed by atoms with Gasteiger partial charge in [0.05, 0.1) is 28.4 Å². The average Bonchev–Trinajstić information content (AvgIpc) is 3.08. The fraction of sp³-hybridized carbons (Fsp3) is 0.333. The van der Waals surface area contributed by atoms with Crippen molar-refractivity contribution in [3.8, 4) is 0 Å². The minimum absolute atomic E-state index is 0.00445. The molecule has 1 saturated heterocycles. The van der Waals surface area contributed by atoms with Crippen LogP contribution in [-0.4, -0.2) is 54.9 Å². The van der Waals surface area contributed by atoms with Crippen molar-refractivity contribution in [1.29, 1.82) is 0 Å². The molecule has 0 aliphatic carbocycles. The molecule has 8 heteroatoms. The summed E-state index contributed by atoms with van der Waals surface area (Å²) in [5, 5.41) is 0. The first-order valence-electron chi connectivity index (χ1n) is 8.09. The topological polar surface area (TPSA) is 49.9 Å². The highest BCUT2D eigenvalue weighted by Gasteiger charge is 2.27. The highest BCUT2D eigenvalue weighted by molar-refractivity contribution is 9.11. The van der Waals surface area contributed by atoms with Gasteiger partial charge in [0.15, 0.2) is 0 Å². The van der Waals surface area contributed by atoms with E-state index in [-0.39, 0.29) is 30.3 Å². The number of carbonyl (C=O) groups is 2. The Balaban J connectivity index is 1.60. The quantitative estimate of drug-likeness (QED) is 0.732. The Morgan fingerprint density at radius 1 is 1.31 bits per heavy atom. The first kappa shape index (κ1) is 19.0. The summed E-state index contributed by atoms with van der Waals surface area (Å²) in [4.78, 5) is 28.7. The largest absolute Gasteiger partial charge is 0.370 e. The van der Waals surface area contributed by atoms with Gasteiger partial charge in [-0.15, -0.1) is 11.3 Å². The molecule has 1 atom stereocenters. The third-order valence-corrected chi connectivity index (χ3v) is 5.78. The summed E-state index contributed by atoms with van der Waals surface area (Å²) in [6.45, 7) is 1.27. The molecule has 0 spiro atoms. The molecular weight excluding hydrogens is 423 g/mol. The zero-order chi connectivity index (χ0) is 18.7. The maximum atomic E-state index is 13.1. The van der Waals surface area contributed by atoms with Gasteiger partial charge in [-0.3, -0.25) is 9.59 Å². The number of nitrogens with zero attached hydrogens (tertiary/aromatic N) is 2. The minimum Gasteiger partial charge on any atom is -0.370 e. The number of rotatable bonds is 4. The van der Waals surface area contributed by atoms with E-state index < -0.39 is 0 Å². The van der Waals surface area contributed by atoms with Gasteiger partial charge in [-0.1, -0.05) is 12.1 Å². The normalized spacial score (nSPS) is 17.2. The van der Waals surface area contributed by atoms with E-state index in [1.807, 2.05) is 6.07 Å². The Morgan fingerprint density at radius 3 is 2.69 bits per heavy atom. The van der Waals surface area contributed by atoms with Crippen molar-refractivity contribution in [2.75, 3.05) is 33.3 Å². The summed E-state index contributed by atoms with van der Waals surface area (Å²) in [5.41, 5.74) is 0.830. The predicted octanol–water partition coefficient (Wildman–Crippen LogP) is 3.32. The van der Waals surface area contributed by atoms with Gasteiger partial charge in [0.25, 0.3) is 5.91 Å². The molecule has 1 fully saturated rings. The number of benzene rings is 1. The van der Waals surface area contributed by atoms with E-state index in [0.29, 0.717) is 24.6 Å². The summed E-state index contributed by atoms with van der Waals surface area (Å²) < 4.78 is 19.7. The molecule has 0 saturated carbocycles. The SMILES string of the molecule is CN(CC(=O)N1CCOC(c2ccc(F)cc2)C1)C(=O)c1ccc(Br)s1. The van der Waals surface area contributed by atoms with Gasteiger partial charge in [-0.25, -0.2) is 4.39 Å². The molecule has 138 valence electrons. The third kappa shape index (κ3) is 4.49. The second-order valence-corrected chi connectivity index (χ2v) is 8.48. The standard InChI is InChI=1S/C18H18BrFN2O3S/c1-21(18(24)15-6-7-16(19)26-15)11-17(23)22-8-9-25-14(10-22)12-2-4-13(20)5-3-12/h2-7,14H,8-11H2,1H3. The smallest absolute Gasteiger partial charge is 0.264 e. The van der Waals surface area contributed by atoms with E-state index in [0.717, 1.165) is 9.35 Å². The minimum atomic E-state index is -0.308. The van der Waals surface area contributed by atoms with Crippen molar-refractivity contribution in [3.05, 3.63) is 56.4 Å². The molecular formula is C18H18BrFN2O3S. The molecule has 5 nitrogen and oxygen atoms in total. The number of ether oxygens (including phenoxy) is 1. The summed E-state index contributed by atoms with van der Waals surface area (Å²) in [6.07, 6.45) is -0.289. The molecule has 1 aromatic carbocycles. The van der Waals surface area contributed by atoms with Crippen LogP contribution in [0.2, 0.25) is 0 Å². The van der Waals surface area contributed by atoms with Gasteiger partial charge in [0.2, 0.25) is 5.91 Å². The molecule has 2 amide bonds. The first-order chi connectivity index (χ1) is 12.4. The monoisotopic (exact) mass is 440 g/mol. The maximum Gasteiger partial charge on any atom is 0.264 e. The Bertz CT molecular complexity index is 796. The molecule has 1 aromatic heterocycles. The van der Waals surface area contributed by atoms with E-state index in [4.69, 9.17) is 4.74 Å². The van der Waals surface area contributed by atoms with Crippen molar-refractivity contribution in [3.63, 3.8) is 0 Å².